The molecular weight excluding hydrogens is 204 g/mol. The van der Waals surface area contributed by atoms with Gasteiger partial charge in [-0.1, -0.05) is 13.8 Å². The molecule has 0 aliphatic rings. The van der Waals surface area contributed by atoms with Gasteiger partial charge in [0, 0.05) is 11.8 Å². The number of fused-ring (bicyclic) bond motifs is 1. The summed E-state index contributed by atoms with van der Waals surface area (Å²) in [6, 6.07) is 2.01. The fourth-order valence-corrected chi connectivity index (χ4v) is 1.82. The summed E-state index contributed by atoms with van der Waals surface area (Å²) in [6.07, 6.45) is 2.85. The molecule has 0 spiro atoms. The van der Waals surface area contributed by atoms with E-state index in [0.717, 1.165) is 5.69 Å². The van der Waals surface area contributed by atoms with Crippen molar-refractivity contribution in [3.8, 4) is 6.07 Å². The number of aromatic nitrogens is 3. The highest BCUT2D eigenvalue weighted by Crippen LogP contribution is 2.09. The number of nitriles is 1. The van der Waals surface area contributed by atoms with Crippen molar-refractivity contribution >= 4 is 5.65 Å². The van der Waals surface area contributed by atoms with Gasteiger partial charge in [-0.2, -0.15) is 5.26 Å². The Kier molecular flexibility index (Phi) is 2.49. The first-order valence-corrected chi connectivity index (χ1v) is 5.24. The van der Waals surface area contributed by atoms with E-state index in [1.165, 1.54) is 10.7 Å². The monoisotopic (exact) mass is 216 g/mol. The van der Waals surface area contributed by atoms with Gasteiger partial charge in [0.05, 0.1) is 5.69 Å². The maximum Gasteiger partial charge on any atom is 0.276 e. The van der Waals surface area contributed by atoms with Gasteiger partial charge in [0.15, 0.2) is 5.65 Å². The molecular formula is C11H12N4O. The van der Waals surface area contributed by atoms with Crippen molar-refractivity contribution in [1.29, 1.82) is 5.26 Å². The molecule has 5 heteroatoms. The molecule has 0 bridgehead atoms. The first-order chi connectivity index (χ1) is 7.72. The van der Waals surface area contributed by atoms with Crippen molar-refractivity contribution in [1.82, 2.24) is 14.6 Å². The van der Waals surface area contributed by atoms with Crippen molar-refractivity contribution in [2.45, 2.75) is 26.7 Å². The highest BCUT2D eigenvalue weighted by molar-refractivity contribution is 5.54. The Bertz CT molecular complexity index is 630. The van der Waals surface area contributed by atoms with Crippen LogP contribution in [0, 0.1) is 11.3 Å². The van der Waals surface area contributed by atoms with Crippen molar-refractivity contribution in [2.75, 3.05) is 0 Å². The van der Waals surface area contributed by atoms with E-state index in [2.05, 4.69) is 10.1 Å². The molecule has 0 aromatic carbocycles. The Morgan fingerprint density at radius 2 is 2.25 bits per heavy atom. The first kappa shape index (κ1) is 10.4. The molecule has 0 unspecified atom stereocenters. The van der Waals surface area contributed by atoms with Crippen LogP contribution in [0.15, 0.2) is 11.0 Å². The van der Waals surface area contributed by atoms with Crippen molar-refractivity contribution in [3.63, 3.8) is 0 Å². The molecule has 16 heavy (non-hydrogen) atoms. The topological polar surface area (TPSA) is 73.9 Å². The third kappa shape index (κ3) is 1.31. The van der Waals surface area contributed by atoms with Crippen LogP contribution >= 0.6 is 0 Å². The molecule has 2 heterocycles. The van der Waals surface area contributed by atoms with Crippen LogP contribution in [-0.2, 0) is 12.8 Å². The quantitative estimate of drug-likeness (QED) is 0.814. The van der Waals surface area contributed by atoms with Crippen LogP contribution in [0.5, 0.6) is 0 Å². The fourth-order valence-electron chi connectivity index (χ4n) is 1.82. The third-order valence-corrected chi connectivity index (χ3v) is 2.65. The van der Waals surface area contributed by atoms with Crippen molar-refractivity contribution in [2.24, 2.45) is 0 Å². The van der Waals surface area contributed by atoms with Crippen LogP contribution in [0.25, 0.3) is 5.65 Å². The van der Waals surface area contributed by atoms with E-state index < -0.39 is 0 Å². The van der Waals surface area contributed by atoms with Gasteiger partial charge in [-0.15, -0.1) is 0 Å². The Morgan fingerprint density at radius 1 is 1.50 bits per heavy atom. The first-order valence-electron chi connectivity index (χ1n) is 5.24. The predicted octanol–water partition coefficient (Wildman–Crippen LogP) is 1.02. The van der Waals surface area contributed by atoms with Gasteiger partial charge in [0.25, 0.3) is 5.56 Å². The number of aromatic amines is 1. The van der Waals surface area contributed by atoms with Crippen LogP contribution in [0.4, 0.5) is 0 Å². The molecule has 0 radical (unpaired) electrons. The molecule has 5 nitrogen and oxygen atoms in total. The lowest BCUT2D eigenvalue weighted by Gasteiger charge is -2.04. The van der Waals surface area contributed by atoms with Crippen LogP contribution in [-0.4, -0.2) is 14.6 Å². The summed E-state index contributed by atoms with van der Waals surface area (Å²) in [7, 11) is 0. The van der Waals surface area contributed by atoms with E-state index >= 15 is 0 Å². The fraction of sp³-hybridized carbons (Fsp3) is 0.364. The van der Waals surface area contributed by atoms with Gasteiger partial charge in [-0.25, -0.2) is 9.50 Å². The Hall–Kier alpha value is -2.09. The molecule has 2 aromatic rings. The lowest BCUT2D eigenvalue weighted by Crippen LogP contribution is -2.22. The number of H-pyrrole nitrogens is 1. The second-order valence-electron chi connectivity index (χ2n) is 3.51. The molecule has 0 atom stereocenters. The van der Waals surface area contributed by atoms with Crippen LogP contribution in [0.2, 0.25) is 0 Å². The highest BCUT2D eigenvalue weighted by atomic mass is 16.1. The zero-order valence-electron chi connectivity index (χ0n) is 9.24. The van der Waals surface area contributed by atoms with Gasteiger partial charge >= 0.3 is 0 Å². The van der Waals surface area contributed by atoms with E-state index in [0.29, 0.717) is 29.6 Å². The van der Waals surface area contributed by atoms with Gasteiger partial charge in [-0.3, -0.25) is 9.89 Å². The predicted molar refractivity (Wildman–Crippen MR) is 59.3 cm³/mol. The minimum atomic E-state index is -0.106. The molecule has 0 aliphatic heterocycles. The molecule has 1 N–H and O–H groups in total. The largest absolute Gasteiger partial charge is 0.295 e. The lowest BCUT2D eigenvalue weighted by atomic mass is 10.1. The van der Waals surface area contributed by atoms with E-state index in [1.807, 2.05) is 19.9 Å². The summed E-state index contributed by atoms with van der Waals surface area (Å²) >= 11 is 0. The van der Waals surface area contributed by atoms with Crippen LogP contribution in [0.3, 0.4) is 0 Å². The molecule has 0 aliphatic carbocycles. The third-order valence-electron chi connectivity index (χ3n) is 2.65. The Balaban J connectivity index is 2.91. The highest BCUT2D eigenvalue weighted by Gasteiger charge is 2.13. The van der Waals surface area contributed by atoms with Crippen LogP contribution in [0.1, 0.15) is 30.7 Å². The van der Waals surface area contributed by atoms with E-state index in [9.17, 15) is 4.79 Å². The Labute approximate surface area is 92.3 Å². The molecule has 82 valence electrons. The summed E-state index contributed by atoms with van der Waals surface area (Å²) in [4.78, 5) is 16.4. The van der Waals surface area contributed by atoms with Crippen molar-refractivity contribution < 1.29 is 0 Å². The number of rotatable bonds is 2. The van der Waals surface area contributed by atoms with E-state index in [1.54, 1.807) is 0 Å². The molecule has 0 amide bonds. The molecule has 2 aromatic heterocycles. The average molecular weight is 216 g/mol. The minimum Gasteiger partial charge on any atom is -0.295 e. The smallest absolute Gasteiger partial charge is 0.276 e. The zero-order chi connectivity index (χ0) is 11.7. The zero-order valence-corrected chi connectivity index (χ0v) is 9.24. The SMILES string of the molecule is CCc1nc2c(C#N)c[nH]n2c(=O)c1CC. The molecule has 0 saturated carbocycles. The summed E-state index contributed by atoms with van der Waals surface area (Å²) in [5.41, 5.74) is 2.21. The number of aryl methyl sites for hydroxylation is 1. The second kappa shape index (κ2) is 3.81. The van der Waals surface area contributed by atoms with E-state index in [4.69, 9.17) is 5.26 Å². The molecule has 0 fully saturated rings. The van der Waals surface area contributed by atoms with Gasteiger partial charge in [-0.05, 0) is 12.8 Å². The summed E-state index contributed by atoms with van der Waals surface area (Å²) in [5, 5.41) is 11.6. The minimum absolute atomic E-state index is 0.106. The molecule has 0 saturated heterocycles. The van der Waals surface area contributed by atoms with Gasteiger partial charge in [0.2, 0.25) is 0 Å². The maximum absolute atomic E-state index is 12.1. The lowest BCUT2D eigenvalue weighted by molar-refractivity contribution is 0.835. The number of hydrogen-bond acceptors (Lipinski definition) is 3. The second-order valence-corrected chi connectivity index (χ2v) is 3.51. The average Bonchev–Trinajstić information content (AvgIpc) is 2.71. The van der Waals surface area contributed by atoms with Crippen molar-refractivity contribution in [3.05, 3.63) is 33.4 Å². The summed E-state index contributed by atoms with van der Waals surface area (Å²) in [6.45, 7) is 3.88. The summed E-state index contributed by atoms with van der Waals surface area (Å²) in [5.74, 6) is 0. The van der Waals surface area contributed by atoms with Crippen LogP contribution < -0.4 is 5.56 Å². The van der Waals surface area contributed by atoms with Gasteiger partial charge < -0.3 is 0 Å². The summed E-state index contributed by atoms with van der Waals surface area (Å²) < 4.78 is 1.33. The number of hydrogen-bond donors (Lipinski definition) is 1. The number of nitrogens with one attached hydrogen (secondary N) is 1. The Morgan fingerprint density at radius 3 is 2.81 bits per heavy atom. The molecule has 2 rings (SSSR count). The standard InChI is InChI=1S/C11H12N4O/c1-3-8-9(4-2)14-10-7(5-12)6-13-15(10)11(8)16/h6,13H,3-4H2,1-2H3. The van der Waals surface area contributed by atoms with Gasteiger partial charge in [0.1, 0.15) is 11.6 Å². The number of nitrogens with zero attached hydrogens (tertiary/aromatic N) is 3. The normalized spacial score (nSPS) is 10.6. The van der Waals surface area contributed by atoms with E-state index in [-0.39, 0.29) is 5.56 Å². The maximum atomic E-state index is 12.1.